The molecule has 0 aliphatic carbocycles. The quantitative estimate of drug-likeness (QED) is 0.760. The van der Waals surface area contributed by atoms with Gasteiger partial charge in [-0.1, -0.05) is 30.3 Å². The molecular formula is C26H32N4O2. The average molecular weight is 433 g/mol. The monoisotopic (exact) mass is 432 g/mol. The summed E-state index contributed by atoms with van der Waals surface area (Å²) in [5, 5.41) is 12.2. The van der Waals surface area contributed by atoms with Crippen LogP contribution in [0.15, 0.2) is 54.6 Å². The highest BCUT2D eigenvalue weighted by Crippen LogP contribution is 2.34. The molecule has 2 saturated heterocycles. The van der Waals surface area contributed by atoms with Crippen molar-refractivity contribution in [2.75, 3.05) is 57.4 Å². The van der Waals surface area contributed by atoms with E-state index in [1.54, 1.807) is 0 Å². The van der Waals surface area contributed by atoms with E-state index >= 15 is 0 Å². The van der Waals surface area contributed by atoms with E-state index in [0.29, 0.717) is 18.7 Å². The summed E-state index contributed by atoms with van der Waals surface area (Å²) in [5.41, 5.74) is 3.07. The molecule has 0 aromatic heterocycles. The van der Waals surface area contributed by atoms with Crippen molar-refractivity contribution >= 4 is 11.6 Å². The summed E-state index contributed by atoms with van der Waals surface area (Å²) in [5.74, 6) is 0.0959. The lowest BCUT2D eigenvalue weighted by atomic mass is 9.74. The summed E-state index contributed by atoms with van der Waals surface area (Å²) >= 11 is 0. The minimum Gasteiger partial charge on any atom is -0.381 e. The Kier molecular flexibility index (Phi) is 7.41. The molecule has 4 rings (SSSR count). The summed E-state index contributed by atoms with van der Waals surface area (Å²) < 4.78 is 5.61. The van der Waals surface area contributed by atoms with Gasteiger partial charge in [0.2, 0.25) is 5.91 Å². The number of nitriles is 1. The van der Waals surface area contributed by atoms with Gasteiger partial charge >= 0.3 is 0 Å². The van der Waals surface area contributed by atoms with Gasteiger partial charge in [-0.3, -0.25) is 9.69 Å². The third-order valence-electron chi connectivity index (χ3n) is 6.78. The number of nitrogens with one attached hydrogen (secondary N) is 1. The molecule has 168 valence electrons. The number of carbonyl (C=O) groups excluding carboxylic acids is 1. The highest BCUT2D eigenvalue weighted by atomic mass is 16.5. The van der Waals surface area contributed by atoms with Gasteiger partial charge < -0.3 is 15.0 Å². The van der Waals surface area contributed by atoms with Crippen LogP contribution < -0.4 is 10.2 Å². The topological polar surface area (TPSA) is 68.6 Å². The van der Waals surface area contributed by atoms with Gasteiger partial charge in [0.05, 0.1) is 18.2 Å². The molecule has 2 fully saturated rings. The fourth-order valence-corrected chi connectivity index (χ4v) is 4.78. The smallest absolute Gasteiger partial charge is 0.234 e. The largest absolute Gasteiger partial charge is 0.381 e. The fraction of sp³-hybridized carbons (Fsp3) is 0.462. The van der Waals surface area contributed by atoms with Crippen molar-refractivity contribution in [3.05, 3.63) is 65.7 Å². The van der Waals surface area contributed by atoms with Gasteiger partial charge in [0.1, 0.15) is 0 Å². The Morgan fingerprint density at radius 2 is 1.75 bits per heavy atom. The Bertz CT molecular complexity index is 917. The lowest BCUT2D eigenvalue weighted by Crippen LogP contribution is -2.47. The Morgan fingerprint density at radius 1 is 1.00 bits per heavy atom. The minimum absolute atomic E-state index is 0.0413. The standard InChI is InChI=1S/C26H32N4O2/c27-19-22-7-9-24(10-8-22)30-14-4-13-29(15-16-30)20-25(31)28-21-26(11-17-32-18-12-26)23-5-2-1-3-6-23/h1-3,5-10H,4,11-18,20-21H2,(H,28,31). The second-order valence-electron chi connectivity index (χ2n) is 8.81. The lowest BCUT2D eigenvalue weighted by Gasteiger charge is -2.38. The third kappa shape index (κ3) is 5.48. The molecule has 0 bridgehead atoms. The maximum absolute atomic E-state index is 12.8. The van der Waals surface area contributed by atoms with Crippen molar-refractivity contribution in [1.29, 1.82) is 5.26 Å². The van der Waals surface area contributed by atoms with Crippen LogP contribution in [-0.4, -0.2) is 63.3 Å². The average Bonchev–Trinajstić information content (AvgIpc) is 3.09. The summed E-state index contributed by atoms with van der Waals surface area (Å²) in [6, 6.07) is 20.5. The van der Waals surface area contributed by atoms with Crippen molar-refractivity contribution in [3.8, 4) is 6.07 Å². The molecule has 2 aliphatic heterocycles. The van der Waals surface area contributed by atoms with E-state index in [-0.39, 0.29) is 11.3 Å². The van der Waals surface area contributed by atoms with Gasteiger partial charge in [0, 0.05) is 57.0 Å². The van der Waals surface area contributed by atoms with E-state index in [4.69, 9.17) is 10.00 Å². The van der Waals surface area contributed by atoms with Crippen LogP contribution >= 0.6 is 0 Å². The molecule has 0 unspecified atom stereocenters. The Hall–Kier alpha value is -2.88. The molecule has 6 nitrogen and oxygen atoms in total. The Morgan fingerprint density at radius 3 is 2.47 bits per heavy atom. The number of amides is 1. The van der Waals surface area contributed by atoms with E-state index in [1.807, 2.05) is 30.3 Å². The molecule has 2 aromatic carbocycles. The molecule has 2 aromatic rings. The SMILES string of the molecule is N#Cc1ccc(N2CCCN(CC(=O)NCC3(c4ccccc4)CCOCC3)CC2)cc1. The van der Waals surface area contributed by atoms with Crippen LogP contribution in [0.3, 0.4) is 0 Å². The van der Waals surface area contributed by atoms with E-state index < -0.39 is 0 Å². The number of nitrogens with zero attached hydrogens (tertiary/aromatic N) is 3. The number of anilines is 1. The molecule has 32 heavy (non-hydrogen) atoms. The summed E-state index contributed by atoms with van der Waals surface area (Å²) in [6.07, 6.45) is 2.87. The summed E-state index contributed by atoms with van der Waals surface area (Å²) in [4.78, 5) is 17.4. The Balaban J connectivity index is 1.30. The zero-order valence-corrected chi connectivity index (χ0v) is 18.6. The maximum atomic E-state index is 12.8. The van der Waals surface area contributed by atoms with Crippen molar-refractivity contribution in [3.63, 3.8) is 0 Å². The number of rotatable bonds is 6. The summed E-state index contributed by atoms with van der Waals surface area (Å²) in [6.45, 7) is 6.17. The van der Waals surface area contributed by atoms with Gasteiger partial charge in [0.25, 0.3) is 0 Å². The van der Waals surface area contributed by atoms with E-state index in [9.17, 15) is 4.79 Å². The molecule has 6 heteroatoms. The molecule has 0 atom stereocenters. The lowest BCUT2D eigenvalue weighted by molar-refractivity contribution is -0.122. The van der Waals surface area contributed by atoms with Crippen LogP contribution in [0.1, 0.15) is 30.4 Å². The number of hydrogen-bond acceptors (Lipinski definition) is 5. The fourth-order valence-electron chi connectivity index (χ4n) is 4.78. The molecule has 1 amide bonds. The zero-order valence-electron chi connectivity index (χ0n) is 18.6. The number of carbonyl (C=O) groups is 1. The first kappa shape index (κ1) is 22.3. The second kappa shape index (κ2) is 10.6. The van der Waals surface area contributed by atoms with Crippen LogP contribution in [0.5, 0.6) is 0 Å². The molecule has 0 spiro atoms. The van der Waals surface area contributed by atoms with E-state index in [0.717, 1.165) is 64.3 Å². The van der Waals surface area contributed by atoms with Gasteiger partial charge in [-0.05, 0) is 49.1 Å². The first-order valence-corrected chi connectivity index (χ1v) is 11.6. The second-order valence-corrected chi connectivity index (χ2v) is 8.81. The molecule has 0 radical (unpaired) electrons. The van der Waals surface area contributed by atoms with Crippen molar-refractivity contribution < 1.29 is 9.53 Å². The van der Waals surface area contributed by atoms with Crippen molar-refractivity contribution in [1.82, 2.24) is 10.2 Å². The molecule has 2 heterocycles. The van der Waals surface area contributed by atoms with Crippen LogP contribution in [-0.2, 0) is 14.9 Å². The van der Waals surface area contributed by atoms with Crippen molar-refractivity contribution in [2.45, 2.75) is 24.7 Å². The predicted molar refractivity (Wildman–Crippen MR) is 126 cm³/mol. The van der Waals surface area contributed by atoms with Crippen LogP contribution in [0.2, 0.25) is 0 Å². The number of hydrogen-bond donors (Lipinski definition) is 1. The van der Waals surface area contributed by atoms with Gasteiger partial charge in [0.15, 0.2) is 0 Å². The molecule has 1 N–H and O–H groups in total. The number of benzene rings is 2. The highest BCUT2D eigenvalue weighted by Gasteiger charge is 2.34. The Labute approximate surface area is 190 Å². The minimum atomic E-state index is -0.0413. The first-order valence-electron chi connectivity index (χ1n) is 11.6. The maximum Gasteiger partial charge on any atom is 0.234 e. The molecular weight excluding hydrogens is 400 g/mol. The van der Waals surface area contributed by atoms with Crippen LogP contribution in [0, 0.1) is 11.3 Å². The van der Waals surface area contributed by atoms with Gasteiger partial charge in [-0.15, -0.1) is 0 Å². The highest BCUT2D eigenvalue weighted by molar-refractivity contribution is 5.78. The van der Waals surface area contributed by atoms with Gasteiger partial charge in [-0.2, -0.15) is 5.26 Å². The third-order valence-corrected chi connectivity index (χ3v) is 6.78. The molecule has 2 aliphatic rings. The van der Waals surface area contributed by atoms with E-state index in [2.05, 4.69) is 45.5 Å². The van der Waals surface area contributed by atoms with E-state index in [1.165, 1.54) is 5.56 Å². The zero-order chi connectivity index (χ0) is 22.2. The van der Waals surface area contributed by atoms with Crippen molar-refractivity contribution in [2.24, 2.45) is 0 Å². The van der Waals surface area contributed by atoms with Crippen LogP contribution in [0.25, 0.3) is 0 Å². The first-order chi connectivity index (χ1) is 15.7. The normalized spacial score (nSPS) is 19.0. The summed E-state index contributed by atoms with van der Waals surface area (Å²) in [7, 11) is 0. The van der Waals surface area contributed by atoms with Crippen LogP contribution in [0.4, 0.5) is 5.69 Å². The molecule has 0 saturated carbocycles. The number of ether oxygens (including phenoxy) is 1. The van der Waals surface area contributed by atoms with Gasteiger partial charge in [-0.25, -0.2) is 0 Å². The predicted octanol–water partition coefficient (Wildman–Crippen LogP) is 2.93.